The van der Waals surface area contributed by atoms with Crippen molar-refractivity contribution in [1.82, 2.24) is 5.32 Å². The van der Waals surface area contributed by atoms with E-state index in [0.29, 0.717) is 12.5 Å². The van der Waals surface area contributed by atoms with Gasteiger partial charge in [0.25, 0.3) is 0 Å². The summed E-state index contributed by atoms with van der Waals surface area (Å²) in [4.78, 5) is 11.4. The zero-order chi connectivity index (χ0) is 13.5. The summed E-state index contributed by atoms with van der Waals surface area (Å²) in [7, 11) is 0. The number of terminal acetylenes is 1. The first-order valence-electron chi connectivity index (χ1n) is 6.72. The van der Waals surface area contributed by atoms with Crippen molar-refractivity contribution >= 4 is 5.91 Å². The second-order valence-electron chi connectivity index (χ2n) is 4.81. The molecule has 0 aromatic heterocycles. The molecule has 0 spiro atoms. The molecule has 1 aromatic rings. The molecule has 0 saturated heterocycles. The molecule has 2 rings (SSSR count). The fourth-order valence-electron chi connectivity index (χ4n) is 1.91. The van der Waals surface area contributed by atoms with Gasteiger partial charge in [-0.05, 0) is 43.4 Å². The maximum atomic E-state index is 11.4. The van der Waals surface area contributed by atoms with Gasteiger partial charge in [0.15, 0.2) is 0 Å². The molecule has 100 valence electrons. The van der Waals surface area contributed by atoms with Gasteiger partial charge in [0.2, 0.25) is 5.91 Å². The fourth-order valence-corrected chi connectivity index (χ4v) is 1.91. The molecule has 0 aliphatic heterocycles. The Morgan fingerprint density at radius 2 is 2.32 bits per heavy atom. The average molecular weight is 257 g/mol. The van der Waals surface area contributed by atoms with Gasteiger partial charge in [-0.2, -0.15) is 0 Å². The summed E-state index contributed by atoms with van der Waals surface area (Å²) in [5.41, 5.74) is 1.20. The number of benzene rings is 1. The molecule has 1 aliphatic rings. The van der Waals surface area contributed by atoms with Crippen LogP contribution in [0.2, 0.25) is 0 Å². The molecule has 3 heteroatoms. The van der Waals surface area contributed by atoms with Crippen LogP contribution in [0.3, 0.4) is 0 Å². The van der Waals surface area contributed by atoms with E-state index in [4.69, 9.17) is 11.2 Å². The highest BCUT2D eigenvalue weighted by Gasteiger charge is 2.28. The van der Waals surface area contributed by atoms with Gasteiger partial charge >= 0.3 is 0 Å². The zero-order valence-electron chi connectivity index (χ0n) is 11.0. The summed E-state index contributed by atoms with van der Waals surface area (Å²) in [6, 6.07) is 7.92. The van der Waals surface area contributed by atoms with Crippen LogP contribution >= 0.6 is 0 Å². The largest absolute Gasteiger partial charge is 0.481 e. The molecule has 0 radical (unpaired) electrons. The van der Waals surface area contributed by atoms with Crippen molar-refractivity contribution in [2.45, 2.75) is 25.7 Å². The molecule has 1 aliphatic carbocycles. The van der Waals surface area contributed by atoms with Crippen LogP contribution in [0.25, 0.3) is 0 Å². The number of aryl methyl sites for hydroxylation is 1. The number of ether oxygens (including phenoxy) is 1. The summed E-state index contributed by atoms with van der Waals surface area (Å²) in [5, 5.41) is 2.97. The second kappa shape index (κ2) is 6.84. The van der Waals surface area contributed by atoms with Crippen LogP contribution in [0, 0.1) is 18.3 Å². The van der Waals surface area contributed by atoms with E-state index in [-0.39, 0.29) is 5.91 Å². The minimum Gasteiger partial charge on any atom is -0.481 e. The maximum Gasteiger partial charge on any atom is 0.223 e. The molecule has 1 fully saturated rings. The first kappa shape index (κ1) is 13.5. The lowest BCUT2D eigenvalue weighted by Crippen LogP contribution is -2.26. The van der Waals surface area contributed by atoms with Crippen molar-refractivity contribution in [3.63, 3.8) is 0 Å². The number of rotatable bonds is 7. The molecule has 0 bridgehead atoms. The Morgan fingerprint density at radius 3 is 3.05 bits per heavy atom. The van der Waals surface area contributed by atoms with E-state index in [1.807, 2.05) is 18.2 Å². The summed E-state index contributed by atoms with van der Waals surface area (Å²) >= 11 is 0. The minimum atomic E-state index is 0.214. The Balaban J connectivity index is 1.69. The standard InChI is InChI=1S/C16H19NO2/c1-2-11-19-15-7-3-5-13(12-15)6-4-10-17-16(18)14-8-9-14/h1,3,5,7,12,14H,4,6,8-11H2,(H,17,18). The van der Waals surface area contributed by atoms with Crippen LogP contribution in [0.5, 0.6) is 5.75 Å². The van der Waals surface area contributed by atoms with Gasteiger partial charge in [-0.25, -0.2) is 0 Å². The van der Waals surface area contributed by atoms with Crippen LogP contribution in [-0.4, -0.2) is 19.1 Å². The number of amides is 1. The Kier molecular flexibility index (Phi) is 4.85. The smallest absolute Gasteiger partial charge is 0.223 e. The van der Waals surface area contributed by atoms with E-state index >= 15 is 0 Å². The number of carbonyl (C=O) groups excluding carboxylic acids is 1. The van der Waals surface area contributed by atoms with Gasteiger partial charge in [0.05, 0.1) is 0 Å². The van der Waals surface area contributed by atoms with E-state index < -0.39 is 0 Å². The van der Waals surface area contributed by atoms with E-state index in [2.05, 4.69) is 17.3 Å². The van der Waals surface area contributed by atoms with Crippen molar-refractivity contribution in [3.8, 4) is 18.1 Å². The Morgan fingerprint density at radius 1 is 1.47 bits per heavy atom. The number of nitrogens with one attached hydrogen (secondary N) is 1. The quantitative estimate of drug-likeness (QED) is 0.600. The predicted octanol–water partition coefficient (Wildman–Crippen LogP) is 2.16. The van der Waals surface area contributed by atoms with Crippen molar-refractivity contribution in [2.75, 3.05) is 13.2 Å². The number of hydrogen-bond donors (Lipinski definition) is 1. The van der Waals surface area contributed by atoms with E-state index in [9.17, 15) is 4.79 Å². The summed E-state index contributed by atoms with van der Waals surface area (Å²) in [6.45, 7) is 1.03. The summed E-state index contributed by atoms with van der Waals surface area (Å²) < 4.78 is 5.37. The topological polar surface area (TPSA) is 38.3 Å². The Bertz CT molecular complexity index is 472. The predicted molar refractivity (Wildman–Crippen MR) is 74.8 cm³/mol. The fraction of sp³-hybridized carbons (Fsp3) is 0.438. The molecule has 19 heavy (non-hydrogen) atoms. The molecule has 0 unspecified atom stereocenters. The number of carbonyl (C=O) groups is 1. The van der Waals surface area contributed by atoms with E-state index in [1.54, 1.807) is 0 Å². The van der Waals surface area contributed by atoms with Crippen LogP contribution in [0.15, 0.2) is 24.3 Å². The minimum absolute atomic E-state index is 0.214. The lowest BCUT2D eigenvalue weighted by Gasteiger charge is -2.06. The second-order valence-corrected chi connectivity index (χ2v) is 4.81. The van der Waals surface area contributed by atoms with Crippen LogP contribution in [-0.2, 0) is 11.2 Å². The van der Waals surface area contributed by atoms with Crippen molar-refractivity contribution in [3.05, 3.63) is 29.8 Å². The van der Waals surface area contributed by atoms with Crippen LogP contribution in [0.1, 0.15) is 24.8 Å². The maximum absolute atomic E-state index is 11.4. The molecule has 3 nitrogen and oxygen atoms in total. The van der Waals surface area contributed by atoms with Crippen molar-refractivity contribution < 1.29 is 9.53 Å². The Hall–Kier alpha value is -1.95. The molecular weight excluding hydrogens is 238 g/mol. The van der Waals surface area contributed by atoms with Crippen molar-refractivity contribution in [1.29, 1.82) is 0 Å². The summed E-state index contributed by atoms with van der Waals surface area (Å²) in [5.74, 6) is 3.76. The monoisotopic (exact) mass is 257 g/mol. The molecular formula is C16H19NO2. The highest BCUT2D eigenvalue weighted by atomic mass is 16.5. The summed E-state index contributed by atoms with van der Waals surface area (Å²) in [6.07, 6.45) is 9.14. The first-order valence-corrected chi connectivity index (χ1v) is 6.72. The van der Waals surface area contributed by atoms with Gasteiger partial charge in [0, 0.05) is 12.5 Å². The molecule has 0 atom stereocenters. The SMILES string of the molecule is C#CCOc1cccc(CCCNC(=O)C2CC2)c1. The van der Waals surface area contributed by atoms with Gasteiger partial charge in [-0.1, -0.05) is 18.1 Å². The molecule has 1 amide bonds. The zero-order valence-corrected chi connectivity index (χ0v) is 11.0. The average Bonchev–Trinajstić information content (AvgIpc) is 3.26. The third-order valence-electron chi connectivity index (χ3n) is 3.11. The van der Waals surface area contributed by atoms with Gasteiger partial charge in [-0.15, -0.1) is 6.42 Å². The Labute approximate surface area is 114 Å². The lowest BCUT2D eigenvalue weighted by atomic mass is 10.1. The third kappa shape index (κ3) is 4.67. The molecule has 1 saturated carbocycles. The highest BCUT2D eigenvalue weighted by Crippen LogP contribution is 2.28. The highest BCUT2D eigenvalue weighted by molar-refractivity contribution is 5.80. The lowest BCUT2D eigenvalue weighted by molar-refractivity contribution is -0.122. The van der Waals surface area contributed by atoms with Gasteiger partial charge in [-0.3, -0.25) is 4.79 Å². The van der Waals surface area contributed by atoms with Crippen LogP contribution in [0.4, 0.5) is 0 Å². The molecule has 1 aromatic carbocycles. The van der Waals surface area contributed by atoms with E-state index in [1.165, 1.54) is 5.56 Å². The first-order chi connectivity index (χ1) is 9.29. The molecule has 1 N–H and O–H groups in total. The van der Waals surface area contributed by atoms with E-state index in [0.717, 1.165) is 38.0 Å². The molecule has 0 heterocycles. The van der Waals surface area contributed by atoms with Gasteiger partial charge in [0.1, 0.15) is 12.4 Å². The van der Waals surface area contributed by atoms with Crippen molar-refractivity contribution in [2.24, 2.45) is 5.92 Å². The normalized spacial score (nSPS) is 13.6. The number of hydrogen-bond acceptors (Lipinski definition) is 2. The van der Waals surface area contributed by atoms with Crippen LogP contribution < -0.4 is 10.1 Å². The third-order valence-corrected chi connectivity index (χ3v) is 3.11. The van der Waals surface area contributed by atoms with Gasteiger partial charge < -0.3 is 10.1 Å².